The minimum absolute atomic E-state index is 0.0235. The molecule has 11 heteroatoms. The SMILES string of the molecule is N#Cc1cccc(S(=O)(=O)N(Cc2ccc(Cl)cc2)c2ccc(F)c(C(=O)N(c3ccccc3)C(CO)CO)c2)c1. The molecule has 0 saturated carbocycles. The van der Waals surface area contributed by atoms with Crippen molar-refractivity contribution in [1.29, 1.82) is 5.26 Å². The fourth-order valence-electron chi connectivity index (χ4n) is 4.19. The molecule has 0 aliphatic rings. The number of carbonyl (C=O) groups excluding carboxylic acids is 1. The van der Waals surface area contributed by atoms with Crippen LogP contribution < -0.4 is 9.21 Å². The summed E-state index contributed by atoms with van der Waals surface area (Å²) in [4.78, 5) is 14.6. The Morgan fingerprint density at radius 2 is 1.59 bits per heavy atom. The summed E-state index contributed by atoms with van der Waals surface area (Å²) in [5.41, 5.74) is 0.488. The van der Waals surface area contributed by atoms with Crippen molar-refractivity contribution >= 4 is 38.9 Å². The van der Waals surface area contributed by atoms with Gasteiger partial charge in [-0.15, -0.1) is 0 Å². The number of aliphatic hydroxyl groups is 2. The molecule has 4 aromatic rings. The summed E-state index contributed by atoms with van der Waals surface area (Å²) in [7, 11) is -4.33. The first-order chi connectivity index (χ1) is 19.7. The predicted octanol–water partition coefficient (Wildman–Crippen LogP) is 4.75. The van der Waals surface area contributed by atoms with Gasteiger partial charge < -0.3 is 15.1 Å². The number of amides is 1. The van der Waals surface area contributed by atoms with E-state index in [1.165, 1.54) is 30.3 Å². The molecule has 0 aliphatic carbocycles. The van der Waals surface area contributed by atoms with Crippen LogP contribution in [0.1, 0.15) is 21.5 Å². The van der Waals surface area contributed by atoms with Gasteiger partial charge in [0.15, 0.2) is 0 Å². The van der Waals surface area contributed by atoms with Crippen LogP contribution in [0.5, 0.6) is 0 Å². The summed E-state index contributed by atoms with van der Waals surface area (Å²) in [6.45, 7) is -1.41. The van der Waals surface area contributed by atoms with E-state index in [9.17, 15) is 28.7 Å². The van der Waals surface area contributed by atoms with Crippen molar-refractivity contribution in [2.45, 2.75) is 17.5 Å². The van der Waals surface area contributed by atoms with Crippen LogP contribution in [0.25, 0.3) is 0 Å². The monoisotopic (exact) mass is 593 g/mol. The van der Waals surface area contributed by atoms with Gasteiger partial charge in [0.2, 0.25) is 0 Å². The highest BCUT2D eigenvalue weighted by Crippen LogP contribution is 2.30. The average Bonchev–Trinajstić information content (AvgIpc) is 3.00. The van der Waals surface area contributed by atoms with E-state index in [0.717, 1.165) is 21.3 Å². The largest absolute Gasteiger partial charge is 0.394 e. The molecule has 4 aromatic carbocycles. The molecule has 210 valence electrons. The Hall–Kier alpha value is -4.27. The van der Waals surface area contributed by atoms with Gasteiger partial charge in [-0.25, -0.2) is 12.8 Å². The van der Waals surface area contributed by atoms with Crippen molar-refractivity contribution in [2.24, 2.45) is 0 Å². The quantitative estimate of drug-likeness (QED) is 0.274. The Balaban J connectivity index is 1.85. The number of benzene rings is 4. The maximum atomic E-state index is 15.2. The van der Waals surface area contributed by atoms with Crippen molar-refractivity contribution in [3.8, 4) is 6.07 Å². The fourth-order valence-corrected chi connectivity index (χ4v) is 5.81. The van der Waals surface area contributed by atoms with Crippen molar-refractivity contribution < 1.29 is 27.8 Å². The molecular formula is C30H25ClFN3O5S. The summed E-state index contributed by atoms with van der Waals surface area (Å²) < 4.78 is 44.1. The van der Waals surface area contributed by atoms with E-state index in [2.05, 4.69) is 0 Å². The Kier molecular flexibility index (Phi) is 9.37. The highest BCUT2D eigenvalue weighted by atomic mass is 35.5. The lowest BCUT2D eigenvalue weighted by Gasteiger charge is -2.30. The molecule has 2 N–H and O–H groups in total. The third-order valence-corrected chi connectivity index (χ3v) is 8.32. The third kappa shape index (κ3) is 6.56. The topological polar surface area (TPSA) is 122 Å². The molecule has 0 bridgehead atoms. The summed E-state index contributed by atoms with van der Waals surface area (Å²) >= 11 is 6.01. The molecule has 0 heterocycles. The zero-order chi connectivity index (χ0) is 29.6. The number of hydrogen-bond donors (Lipinski definition) is 2. The zero-order valence-electron chi connectivity index (χ0n) is 21.6. The summed E-state index contributed by atoms with van der Waals surface area (Å²) in [5.74, 6) is -1.82. The predicted molar refractivity (Wildman–Crippen MR) is 154 cm³/mol. The molecule has 0 atom stereocenters. The van der Waals surface area contributed by atoms with Crippen molar-refractivity contribution in [3.05, 3.63) is 125 Å². The molecule has 0 aliphatic heterocycles. The molecule has 0 unspecified atom stereocenters. The van der Waals surface area contributed by atoms with Crippen LogP contribution in [0.3, 0.4) is 0 Å². The molecule has 4 rings (SSSR count). The second-order valence-corrected chi connectivity index (χ2v) is 11.3. The maximum absolute atomic E-state index is 15.2. The Morgan fingerprint density at radius 1 is 0.902 bits per heavy atom. The van der Waals surface area contributed by atoms with Crippen LogP contribution in [0.2, 0.25) is 5.02 Å². The van der Waals surface area contributed by atoms with E-state index >= 15 is 4.39 Å². The fraction of sp³-hybridized carbons (Fsp3) is 0.133. The lowest BCUT2D eigenvalue weighted by atomic mass is 10.1. The summed E-state index contributed by atoms with van der Waals surface area (Å²) in [6, 6.07) is 24.2. The second kappa shape index (κ2) is 12.9. The molecule has 41 heavy (non-hydrogen) atoms. The number of aliphatic hydroxyl groups excluding tert-OH is 2. The second-order valence-electron chi connectivity index (χ2n) is 8.97. The smallest absolute Gasteiger partial charge is 0.264 e. The number of carbonyl (C=O) groups is 1. The summed E-state index contributed by atoms with van der Waals surface area (Å²) in [6.07, 6.45) is 0. The molecular weight excluding hydrogens is 569 g/mol. The molecule has 0 saturated heterocycles. The number of nitriles is 1. The van der Waals surface area contributed by atoms with E-state index in [4.69, 9.17) is 11.6 Å². The van der Waals surface area contributed by atoms with E-state index in [0.29, 0.717) is 16.3 Å². The number of anilines is 2. The molecule has 0 radical (unpaired) electrons. The van der Waals surface area contributed by atoms with Gasteiger partial charge in [0.05, 0.1) is 53.6 Å². The zero-order valence-corrected chi connectivity index (χ0v) is 23.1. The molecule has 8 nitrogen and oxygen atoms in total. The first-order valence-electron chi connectivity index (χ1n) is 12.4. The van der Waals surface area contributed by atoms with Gasteiger partial charge in [0.25, 0.3) is 15.9 Å². The molecule has 0 fully saturated rings. The normalized spacial score (nSPS) is 11.2. The minimum Gasteiger partial charge on any atom is -0.394 e. The maximum Gasteiger partial charge on any atom is 0.264 e. The molecule has 0 spiro atoms. The van der Waals surface area contributed by atoms with E-state index in [1.807, 2.05) is 6.07 Å². The van der Waals surface area contributed by atoms with Crippen molar-refractivity contribution in [1.82, 2.24) is 0 Å². The van der Waals surface area contributed by atoms with Crippen LogP contribution in [0.15, 0.2) is 102 Å². The van der Waals surface area contributed by atoms with Gasteiger partial charge in [0, 0.05) is 10.7 Å². The van der Waals surface area contributed by atoms with Crippen molar-refractivity contribution in [2.75, 3.05) is 22.4 Å². The van der Waals surface area contributed by atoms with Crippen LogP contribution >= 0.6 is 11.6 Å². The number of sulfonamides is 1. The molecule has 1 amide bonds. The first-order valence-corrected chi connectivity index (χ1v) is 14.2. The number of para-hydroxylation sites is 1. The number of halogens is 2. The van der Waals surface area contributed by atoms with E-state index in [1.54, 1.807) is 54.6 Å². The molecule has 0 aromatic heterocycles. The van der Waals surface area contributed by atoms with Gasteiger partial charge in [-0.1, -0.05) is 48.0 Å². The standard InChI is InChI=1S/C30H25ClFN3O5S/c31-23-11-9-21(10-12-23)18-34(41(39,40)27-8-4-5-22(15-27)17-33)25-13-14-29(32)28(16-25)30(38)35(26(19-36)20-37)24-6-2-1-3-7-24/h1-16,26,36-37H,18-20H2. The highest BCUT2D eigenvalue weighted by Gasteiger charge is 2.31. The van der Waals surface area contributed by atoms with Gasteiger partial charge in [-0.2, -0.15) is 5.26 Å². The number of hydrogen-bond acceptors (Lipinski definition) is 6. The first kappa shape index (κ1) is 29.7. The summed E-state index contributed by atoms with van der Waals surface area (Å²) in [5, 5.41) is 29.5. The average molecular weight is 594 g/mol. The van der Waals surface area contributed by atoms with Crippen molar-refractivity contribution in [3.63, 3.8) is 0 Å². The number of nitrogens with zero attached hydrogens (tertiary/aromatic N) is 3. The van der Waals surface area contributed by atoms with Gasteiger partial charge in [-0.3, -0.25) is 9.10 Å². The lowest BCUT2D eigenvalue weighted by molar-refractivity contribution is 0.0936. The van der Waals surface area contributed by atoms with Gasteiger partial charge >= 0.3 is 0 Å². The highest BCUT2D eigenvalue weighted by molar-refractivity contribution is 7.92. The van der Waals surface area contributed by atoms with E-state index in [-0.39, 0.29) is 22.7 Å². The Morgan fingerprint density at radius 3 is 2.22 bits per heavy atom. The van der Waals surface area contributed by atoms with Gasteiger partial charge in [0.1, 0.15) is 5.82 Å². The van der Waals surface area contributed by atoms with Crippen LogP contribution in [-0.4, -0.2) is 43.8 Å². The lowest BCUT2D eigenvalue weighted by Crippen LogP contribution is -2.45. The Labute approximate surface area is 242 Å². The minimum atomic E-state index is -4.33. The van der Waals surface area contributed by atoms with Gasteiger partial charge in [-0.05, 0) is 66.2 Å². The van der Waals surface area contributed by atoms with Crippen LogP contribution in [-0.2, 0) is 16.6 Å². The van der Waals surface area contributed by atoms with E-state index < -0.39 is 46.6 Å². The number of rotatable bonds is 10. The van der Waals surface area contributed by atoms with Crippen LogP contribution in [0, 0.1) is 17.1 Å². The third-order valence-electron chi connectivity index (χ3n) is 6.30. The van der Waals surface area contributed by atoms with Crippen LogP contribution in [0.4, 0.5) is 15.8 Å². The Bertz CT molecular complexity index is 1670.